The second-order valence-corrected chi connectivity index (χ2v) is 3.61. The van der Waals surface area contributed by atoms with Crippen LogP contribution >= 0.6 is 0 Å². The van der Waals surface area contributed by atoms with Crippen LogP contribution in [0.1, 0.15) is 18.4 Å². The molecule has 0 atom stereocenters. The second kappa shape index (κ2) is 5.79. The minimum absolute atomic E-state index is 0. The molecule has 0 saturated carbocycles. The first-order chi connectivity index (χ1) is 7.27. The summed E-state index contributed by atoms with van der Waals surface area (Å²) in [6, 6.07) is 8.06. The molecule has 2 rings (SSSR count). The molecule has 0 fully saturated rings. The number of aromatic amines is 1. The molecule has 0 spiro atoms. The quantitative estimate of drug-likeness (QED) is 0.760. The molecule has 0 aliphatic rings. The molecule has 1 aromatic carbocycles. The van der Waals surface area contributed by atoms with Crippen LogP contribution < -0.4 is 0 Å². The Kier molecular flexibility index (Phi) is 4.66. The zero-order valence-electron chi connectivity index (χ0n) is 9.36. The molecule has 1 radical (unpaired) electrons. The number of carboxylic acid groups (broad SMARTS) is 1. The first kappa shape index (κ1) is 12.9. The van der Waals surface area contributed by atoms with Gasteiger partial charge in [0.1, 0.15) is 0 Å². The summed E-state index contributed by atoms with van der Waals surface area (Å²) in [4.78, 5) is 13.6. The van der Waals surface area contributed by atoms with Gasteiger partial charge in [0.05, 0.1) is 0 Å². The number of aromatic nitrogens is 1. The van der Waals surface area contributed by atoms with Gasteiger partial charge in [-0.15, -0.1) is 0 Å². The fourth-order valence-electron chi connectivity index (χ4n) is 1.77. The van der Waals surface area contributed by atoms with Crippen molar-refractivity contribution in [2.45, 2.75) is 19.3 Å². The van der Waals surface area contributed by atoms with Crippen LogP contribution in [-0.2, 0) is 11.2 Å². The summed E-state index contributed by atoms with van der Waals surface area (Å²) in [7, 11) is 0. The van der Waals surface area contributed by atoms with Gasteiger partial charge in [0, 0.05) is 42.4 Å². The number of aryl methyl sites for hydroxylation is 1. The third-order valence-corrected chi connectivity index (χ3v) is 2.51. The summed E-state index contributed by atoms with van der Waals surface area (Å²) in [5.41, 5.74) is 2.31. The largest absolute Gasteiger partial charge is 0.481 e. The van der Waals surface area contributed by atoms with Crippen molar-refractivity contribution in [1.29, 1.82) is 0 Å². The number of hydrogen-bond acceptors (Lipinski definition) is 1. The Labute approximate surface area is 106 Å². The van der Waals surface area contributed by atoms with Crippen LogP contribution in [0.2, 0.25) is 0 Å². The van der Waals surface area contributed by atoms with Crippen molar-refractivity contribution in [3.63, 3.8) is 0 Å². The van der Waals surface area contributed by atoms with Gasteiger partial charge in [-0.2, -0.15) is 0 Å². The van der Waals surface area contributed by atoms with Crippen LogP contribution in [0.15, 0.2) is 30.5 Å². The van der Waals surface area contributed by atoms with Crippen molar-refractivity contribution in [2.75, 3.05) is 0 Å². The van der Waals surface area contributed by atoms with Crippen LogP contribution in [0.3, 0.4) is 0 Å². The van der Waals surface area contributed by atoms with Gasteiger partial charge in [0.15, 0.2) is 0 Å². The van der Waals surface area contributed by atoms with E-state index in [1.165, 1.54) is 10.9 Å². The number of carbonyl (C=O) groups is 1. The zero-order chi connectivity index (χ0) is 10.7. The van der Waals surface area contributed by atoms with E-state index in [1.54, 1.807) is 0 Å². The maximum Gasteiger partial charge on any atom is 0.303 e. The summed E-state index contributed by atoms with van der Waals surface area (Å²) in [6.45, 7) is 0. The molecule has 3 nitrogen and oxygen atoms in total. The number of aliphatic carboxylic acids is 1. The Morgan fingerprint density at radius 2 is 2.06 bits per heavy atom. The summed E-state index contributed by atoms with van der Waals surface area (Å²) >= 11 is 0. The molecule has 16 heavy (non-hydrogen) atoms. The number of carboxylic acids is 1. The Morgan fingerprint density at radius 3 is 2.81 bits per heavy atom. The van der Waals surface area contributed by atoms with E-state index in [9.17, 15) is 4.79 Å². The molecule has 0 saturated heterocycles. The van der Waals surface area contributed by atoms with Crippen LogP contribution in [0, 0.1) is 0 Å². The molecule has 0 amide bonds. The van der Waals surface area contributed by atoms with Crippen LogP contribution in [0.4, 0.5) is 0 Å². The normalized spacial score (nSPS) is 10.0. The van der Waals surface area contributed by atoms with Crippen molar-refractivity contribution >= 4 is 35.7 Å². The van der Waals surface area contributed by atoms with E-state index in [0.29, 0.717) is 6.42 Å². The summed E-state index contributed by atoms with van der Waals surface area (Å²) in [5, 5.41) is 9.74. The average molecular weight is 210 g/mol. The molecule has 79 valence electrons. The Balaban J connectivity index is 0.00000128. The molecule has 4 heteroatoms. The molecule has 0 aliphatic carbocycles. The number of benzene rings is 1. The van der Waals surface area contributed by atoms with Gasteiger partial charge in [0.2, 0.25) is 0 Å². The topological polar surface area (TPSA) is 53.1 Å². The van der Waals surface area contributed by atoms with Crippen molar-refractivity contribution < 1.29 is 9.90 Å². The number of hydrogen-bond donors (Lipinski definition) is 2. The molecule has 0 bridgehead atoms. The monoisotopic (exact) mass is 210 g/mol. The standard InChI is InChI=1S/C12H13NO2.Li/c14-12(15)7-3-4-9-8-13-11-6-2-1-5-10(9)11;/h1-2,5-6,8,13H,3-4,7H2,(H,14,15);. The van der Waals surface area contributed by atoms with Crippen LogP contribution in [0.25, 0.3) is 10.9 Å². The maximum atomic E-state index is 10.4. The Morgan fingerprint density at radius 1 is 1.31 bits per heavy atom. The smallest absolute Gasteiger partial charge is 0.303 e. The summed E-state index contributed by atoms with van der Waals surface area (Å²) < 4.78 is 0. The van der Waals surface area contributed by atoms with E-state index in [0.717, 1.165) is 11.9 Å². The van der Waals surface area contributed by atoms with Crippen molar-refractivity contribution in [2.24, 2.45) is 0 Å². The Bertz CT molecular complexity index is 479. The van der Waals surface area contributed by atoms with Crippen LogP contribution in [0.5, 0.6) is 0 Å². The van der Waals surface area contributed by atoms with Gasteiger partial charge in [-0.1, -0.05) is 18.2 Å². The van der Waals surface area contributed by atoms with Gasteiger partial charge >= 0.3 is 5.97 Å². The van der Waals surface area contributed by atoms with E-state index in [1.807, 2.05) is 24.4 Å². The minimum atomic E-state index is -0.727. The molecule has 2 aromatic rings. The average Bonchev–Trinajstić information content (AvgIpc) is 2.62. The van der Waals surface area contributed by atoms with E-state index < -0.39 is 5.97 Å². The van der Waals surface area contributed by atoms with Gasteiger partial charge in [0.25, 0.3) is 0 Å². The molecular weight excluding hydrogens is 197 g/mol. The van der Waals surface area contributed by atoms with Crippen LogP contribution in [-0.4, -0.2) is 34.9 Å². The van der Waals surface area contributed by atoms with Crippen molar-refractivity contribution in [1.82, 2.24) is 4.98 Å². The summed E-state index contributed by atoms with van der Waals surface area (Å²) in [5.74, 6) is -0.727. The number of rotatable bonds is 4. The number of fused-ring (bicyclic) bond motifs is 1. The van der Waals surface area contributed by atoms with Crippen molar-refractivity contribution in [3.05, 3.63) is 36.0 Å². The third kappa shape index (κ3) is 2.91. The fraction of sp³-hybridized carbons (Fsp3) is 0.250. The van der Waals surface area contributed by atoms with Gasteiger partial charge in [-0.05, 0) is 24.5 Å². The van der Waals surface area contributed by atoms with E-state index >= 15 is 0 Å². The van der Waals surface area contributed by atoms with Crippen molar-refractivity contribution in [3.8, 4) is 0 Å². The third-order valence-electron chi connectivity index (χ3n) is 2.51. The van der Waals surface area contributed by atoms with Gasteiger partial charge in [-0.25, -0.2) is 0 Å². The predicted molar refractivity (Wildman–Crippen MR) is 64.6 cm³/mol. The molecule has 1 aromatic heterocycles. The van der Waals surface area contributed by atoms with E-state index in [2.05, 4.69) is 11.1 Å². The fourth-order valence-corrected chi connectivity index (χ4v) is 1.77. The maximum absolute atomic E-state index is 10.4. The molecular formula is C12H13LiNO2. The SMILES string of the molecule is O=C(O)CCCc1c[nH]c2ccccc12.[Li]. The molecule has 0 unspecified atom stereocenters. The van der Waals surface area contributed by atoms with E-state index in [-0.39, 0.29) is 25.3 Å². The number of H-pyrrole nitrogens is 1. The zero-order valence-corrected chi connectivity index (χ0v) is 9.36. The predicted octanol–water partition coefficient (Wildman–Crippen LogP) is 2.19. The molecule has 0 aliphatic heterocycles. The minimum Gasteiger partial charge on any atom is -0.481 e. The Hall–Kier alpha value is -1.17. The van der Waals surface area contributed by atoms with Gasteiger partial charge in [-0.3, -0.25) is 4.79 Å². The molecule has 2 N–H and O–H groups in total. The first-order valence-electron chi connectivity index (χ1n) is 5.04. The van der Waals surface area contributed by atoms with Gasteiger partial charge < -0.3 is 10.1 Å². The number of nitrogens with one attached hydrogen (secondary N) is 1. The second-order valence-electron chi connectivity index (χ2n) is 3.61. The molecule has 1 heterocycles. The first-order valence-corrected chi connectivity index (χ1v) is 5.04. The number of para-hydroxylation sites is 1. The summed E-state index contributed by atoms with van der Waals surface area (Å²) in [6.07, 6.45) is 3.71. The van der Waals surface area contributed by atoms with E-state index in [4.69, 9.17) is 5.11 Å².